The van der Waals surface area contributed by atoms with Gasteiger partial charge in [0.05, 0.1) is 27.6 Å². The van der Waals surface area contributed by atoms with Gasteiger partial charge < -0.3 is 28.2 Å². The molecule has 0 saturated heterocycles. The molecule has 11 heteroatoms. The van der Waals surface area contributed by atoms with E-state index < -0.39 is 8.07 Å². The largest absolute Gasteiger partial charge is 0.510 e. The van der Waals surface area contributed by atoms with Gasteiger partial charge in [0.15, 0.2) is 0 Å². The maximum absolute atomic E-state index is 7.20. The van der Waals surface area contributed by atoms with Gasteiger partial charge in [-0.1, -0.05) is 151 Å². The Labute approximate surface area is 471 Å². The molecule has 0 spiro atoms. The van der Waals surface area contributed by atoms with Crippen LogP contribution in [0.4, 0.5) is 17.1 Å². The Hall–Kier alpha value is -9.21. The van der Waals surface area contributed by atoms with Crippen molar-refractivity contribution in [2.75, 3.05) is 4.90 Å². The fraction of sp³-hybridized carbons (Fsp3) is 0.0294. The number of nitrogens with zero attached hydrogens (tertiary/aromatic N) is 5. The standard InChI is InChI=1S/C68H42BN5O3Si.Pt/c1-78(2)59-36-35-47(39-54(59)72-41-71(53-31-16-34-60(78)66(53)72)65-48(42-18-6-3-7-19-42)26-13-27-49(65)43-20-8-4-9-21-43)75-46-25-12-24-45(38-46)74-55-40-58-64-67(61(55)50-28-17-37-70-68(50)74)77-57-33-15-30-52-63(57)69(64)62-51(29-14-32-56(62)76-58)73(52)44-22-10-5-11-23-44;/h3-37,40H,1-2H3;/q-2;. The summed E-state index contributed by atoms with van der Waals surface area (Å²) in [5, 5.41) is 4.55. The predicted molar refractivity (Wildman–Crippen MR) is 314 cm³/mol. The Morgan fingerprint density at radius 3 is 1.97 bits per heavy atom. The van der Waals surface area contributed by atoms with Crippen molar-refractivity contribution in [2.24, 2.45) is 0 Å². The van der Waals surface area contributed by atoms with Crippen molar-refractivity contribution in [3.63, 3.8) is 0 Å². The molecule has 8 nitrogen and oxygen atoms in total. The van der Waals surface area contributed by atoms with Gasteiger partial charge in [-0.25, -0.2) is 4.98 Å². The molecular formula is C68H42BN5O3PtSi-2. The van der Waals surface area contributed by atoms with Gasteiger partial charge in [-0.3, -0.25) is 4.57 Å². The van der Waals surface area contributed by atoms with E-state index in [-0.39, 0.29) is 27.8 Å². The van der Waals surface area contributed by atoms with E-state index in [0.717, 1.165) is 129 Å². The zero-order valence-corrected chi connectivity index (χ0v) is 45.9. The summed E-state index contributed by atoms with van der Waals surface area (Å²) >= 11 is 0. The monoisotopic (exact) mass is 1210 g/mol. The van der Waals surface area contributed by atoms with Crippen LogP contribution in [0.5, 0.6) is 34.5 Å². The molecule has 0 aliphatic carbocycles. The van der Waals surface area contributed by atoms with Crippen LogP contribution in [0.3, 0.4) is 0 Å². The Balaban J connectivity index is 0.00000520. The molecule has 0 saturated carbocycles. The molecule has 0 fully saturated rings. The molecule has 0 unspecified atom stereocenters. The molecule has 0 N–H and O–H groups in total. The van der Waals surface area contributed by atoms with Crippen molar-refractivity contribution in [2.45, 2.75) is 13.1 Å². The van der Waals surface area contributed by atoms with E-state index in [2.05, 4.69) is 244 Å². The number of aromatic nitrogens is 4. The quantitative estimate of drug-likeness (QED) is 0.0904. The van der Waals surface area contributed by atoms with E-state index in [0.29, 0.717) is 11.5 Å². The van der Waals surface area contributed by atoms with Crippen LogP contribution in [0.1, 0.15) is 0 Å². The number of ether oxygens (including phenoxy) is 3. The zero-order chi connectivity index (χ0) is 51.4. The van der Waals surface area contributed by atoms with Crippen molar-refractivity contribution in [1.29, 1.82) is 0 Å². The summed E-state index contributed by atoms with van der Waals surface area (Å²) in [6, 6.07) is 82.0. The minimum Gasteiger partial charge on any atom is -0.510 e. The molecular weight excluding hydrogens is 1170 g/mol. The Morgan fingerprint density at radius 2 is 1.24 bits per heavy atom. The van der Waals surface area contributed by atoms with Crippen LogP contribution < -0.4 is 50.4 Å². The summed E-state index contributed by atoms with van der Waals surface area (Å²) < 4.78 is 27.7. The zero-order valence-electron chi connectivity index (χ0n) is 42.6. The van der Waals surface area contributed by atoms with E-state index >= 15 is 0 Å². The molecule has 376 valence electrons. The number of pyridine rings is 1. The molecule has 17 rings (SSSR count). The minimum absolute atomic E-state index is 0. The number of hydrogen-bond acceptors (Lipinski definition) is 5. The molecule has 4 aliphatic heterocycles. The molecule has 79 heavy (non-hydrogen) atoms. The first-order chi connectivity index (χ1) is 38.5. The van der Waals surface area contributed by atoms with Crippen molar-refractivity contribution in [3.8, 4) is 73.8 Å². The number of anilines is 3. The Morgan fingerprint density at radius 1 is 0.582 bits per heavy atom. The third-order valence-electron chi connectivity index (χ3n) is 16.4. The summed E-state index contributed by atoms with van der Waals surface area (Å²) in [4.78, 5) is 7.39. The van der Waals surface area contributed by atoms with Gasteiger partial charge >= 0.3 is 0 Å². The molecule has 0 atom stereocenters. The van der Waals surface area contributed by atoms with E-state index in [9.17, 15) is 0 Å². The Bertz CT molecular complexity index is 4640. The maximum atomic E-state index is 7.20. The summed E-state index contributed by atoms with van der Waals surface area (Å²) in [6.07, 6.45) is 5.75. The predicted octanol–water partition coefficient (Wildman–Crippen LogP) is 12.6. The van der Waals surface area contributed by atoms with Gasteiger partial charge in [0.1, 0.15) is 28.6 Å². The number of para-hydroxylation sites is 3. The first kappa shape index (κ1) is 45.9. The summed E-state index contributed by atoms with van der Waals surface area (Å²) in [5.41, 5.74) is 17.8. The van der Waals surface area contributed by atoms with Gasteiger partial charge in [-0.05, 0) is 87.4 Å². The number of imidazole rings is 1. The van der Waals surface area contributed by atoms with Crippen molar-refractivity contribution in [3.05, 3.63) is 237 Å². The van der Waals surface area contributed by atoms with Gasteiger partial charge in [0.2, 0.25) is 0 Å². The molecule has 0 bridgehead atoms. The average Bonchev–Trinajstić information content (AvgIpc) is 3.28. The van der Waals surface area contributed by atoms with Gasteiger partial charge in [0.25, 0.3) is 13.0 Å². The molecule has 7 heterocycles. The number of rotatable bonds is 7. The normalized spacial score (nSPS) is 13.6. The van der Waals surface area contributed by atoms with Crippen LogP contribution in [-0.4, -0.2) is 28.9 Å². The van der Waals surface area contributed by atoms with E-state index in [1.165, 1.54) is 10.4 Å². The van der Waals surface area contributed by atoms with E-state index in [4.69, 9.17) is 19.2 Å². The molecule has 3 aromatic heterocycles. The van der Waals surface area contributed by atoms with Crippen LogP contribution in [0.2, 0.25) is 13.1 Å². The van der Waals surface area contributed by atoms with E-state index in [1.54, 1.807) is 0 Å². The van der Waals surface area contributed by atoms with Crippen molar-refractivity contribution < 1.29 is 39.8 Å². The minimum atomic E-state index is -2.27. The fourth-order valence-corrected chi connectivity index (χ4v) is 16.0. The SMILES string of the molecule is C[Si]1(C)c2ccc(Oc3[c-]c(-n4c5cc6c7c(c5c5cccnc54)Oc4cccc5c4B7c4c(cccc4N5c4ccccc4)O6)ccc3)[c-]c2-n2[c-][n+](-c3c(-c4ccccc4)cccc3-c3ccccc3)c3cccc1c32.[Pt]. The molecule has 13 aromatic rings. The third kappa shape index (κ3) is 6.53. The van der Waals surface area contributed by atoms with Gasteiger partial charge in [-0.2, -0.15) is 12.1 Å². The summed E-state index contributed by atoms with van der Waals surface area (Å²) in [5.74, 6) is 4.33. The Kier molecular flexibility index (Phi) is 9.97. The topological polar surface area (TPSA) is 57.6 Å². The number of benzene rings is 10. The summed E-state index contributed by atoms with van der Waals surface area (Å²) in [6.45, 7) is 4.76. The molecule has 10 aromatic carbocycles. The van der Waals surface area contributed by atoms with Crippen LogP contribution in [0.25, 0.3) is 72.3 Å². The summed E-state index contributed by atoms with van der Waals surface area (Å²) in [7, 11) is -2.27. The second-order valence-electron chi connectivity index (χ2n) is 21.0. The first-order valence-electron chi connectivity index (χ1n) is 26.4. The fourth-order valence-electron chi connectivity index (χ4n) is 13.1. The van der Waals surface area contributed by atoms with E-state index in [1.807, 2.05) is 24.4 Å². The average molecular weight is 1210 g/mol. The second-order valence-corrected chi connectivity index (χ2v) is 25.3. The van der Waals surface area contributed by atoms with Crippen LogP contribution in [-0.2, 0) is 21.1 Å². The van der Waals surface area contributed by atoms with Crippen LogP contribution in [0, 0.1) is 18.5 Å². The maximum Gasteiger partial charge on any atom is 0.268 e. The molecule has 0 amide bonds. The second kappa shape index (κ2) is 17.1. The number of hydrogen-bond donors (Lipinski definition) is 0. The van der Waals surface area contributed by atoms with Gasteiger partial charge in [0, 0.05) is 80.8 Å². The van der Waals surface area contributed by atoms with Gasteiger partial charge in [-0.15, -0.1) is 35.5 Å². The van der Waals surface area contributed by atoms with Crippen molar-refractivity contribution >= 4 is 91.6 Å². The smallest absolute Gasteiger partial charge is 0.268 e. The van der Waals surface area contributed by atoms with Crippen LogP contribution in [0.15, 0.2) is 219 Å². The number of fused-ring (bicyclic) bond motifs is 6. The molecule has 4 aliphatic rings. The van der Waals surface area contributed by atoms with Crippen LogP contribution >= 0.6 is 0 Å². The first-order valence-corrected chi connectivity index (χ1v) is 29.4. The molecule has 0 radical (unpaired) electrons. The third-order valence-corrected chi connectivity index (χ3v) is 19.9. The van der Waals surface area contributed by atoms with Crippen molar-refractivity contribution in [1.82, 2.24) is 14.1 Å².